The van der Waals surface area contributed by atoms with Gasteiger partial charge in [-0.3, -0.25) is 0 Å². The molecular formula is C14H16N4O2S. The van der Waals surface area contributed by atoms with E-state index in [1.165, 1.54) is 11.3 Å². The molecule has 0 aliphatic rings. The highest BCUT2D eigenvalue weighted by molar-refractivity contribution is 7.20. The molecular weight excluding hydrogens is 288 g/mol. The predicted molar refractivity (Wildman–Crippen MR) is 82.4 cm³/mol. The smallest absolute Gasteiger partial charge is 0.214 e. The third-order valence-corrected chi connectivity index (χ3v) is 3.97. The Labute approximate surface area is 125 Å². The quantitative estimate of drug-likeness (QED) is 0.604. The van der Waals surface area contributed by atoms with Crippen LogP contribution in [0.2, 0.25) is 0 Å². The normalized spacial score (nSPS) is 11.1. The summed E-state index contributed by atoms with van der Waals surface area (Å²) in [6, 6.07) is 7.66. The minimum absolute atomic E-state index is 0.0446. The molecule has 7 heteroatoms. The second kappa shape index (κ2) is 6.21. The zero-order chi connectivity index (χ0) is 14.7. The number of nitrogens with zero attached hydrogens (tertiary/aromatic N) is 3. The van der Waals surface area contributed by atoms with E-state index in [2.05, 4.69) is 15.4 Å². The first kappa shape index (κ1) is 14.0. The van der Waals surface area contributed by atoms with Crippen molar-refractivity contribution in [2.75, 3.05) is 18.5 Å². The molecule has 2 aromatic heterocycles. The SMILES string of the molecule is OCCCNc1nn2cc(-c3ccc(CO)cc3)nc2s1. The molecule has 3 aromatic rings. The number of aromatic nitrogens is 3. The summed E-state index contributed by atoms with van der Waals surface area (Å²) in [5, 5.41) is 26.2. The highest BCUT2D eigenvalue weighted by Gasteiger charge is 2.09. The van der Waals surface area contributed by atoms with Crippen LogP contribution in [0.3, 0.4) is 0 Å². The number of aliphatic hydroxyl groups is 2. The first-order chi connectivity index (χ1) is 10.3. The molecule has 0 aliphatic carbocycles. The maximum Gasteiger partial charge on any atom is 0.214 e. The maximum atomic E-state index is 9.05. The number of benzene rings is 1. The Hall–Kier alpha value is -1.96. The highest BCUT2D eigenvalue weighted by Crippen LogP contribution is 2.24. The second-order valence-corrected chi connectivity index (χ2v) is 5.58. The van der Waals surface area contributed by atoms with E-state index < -0.39 is 0 Å². The number of nitrogens with one attached hydrogen (secondary N) is 1. The Morgan fingerprint density at radius 3 is 2.67 bits per heavy atom. The highest BCUT2D eigenvalue weighted by atomic mass is 32.1. The topological polar surface area (TPSA) is 82.7 Å². The van der Waals surface area contributed by atoms with Crippen LogP contribution in [-0.2, 0) is 6.61 Å². The van der Waals surface area contributed by atoms with Crippen LogP contribution in [0.4, 0.5) is 5.13 Å². The van der Waals surface area contributed by atoms with E-state index in [1.807, 2.05) is 30.5 Å². The summed E-state index contributed by atoms with van der Waals surface area (Å²) in [6.07, 6.45) is 2.58. The lowest BCUT2D eigenvalue weighted by molar-refractivity contribution is 0.282. The average molecular weight is 304 g/mol. The minimum atomic E-state index is 0.0446. The number of aliphatic hydroxyl groups excluding tert-OH is 2. The van der Waals surface area contributed by atoms with Gasteiger partial charge in [-0.2, -0.15) is 0 Å². The molecule has 3 N–H and O–H groups in total. The monoisotopic (exact) mass is 304 g/mol. The fraction of sp³-hybridized carbons (Fsp3) is 0.286. The second-order valence-electron chi connectivity index (χ2n) is 4.62. The van der Waals surface area contributed by atoms with E-state index in [4.69, 9.17) is 10.2 Å². The van der Waals surface area contributed by atoms with E-state index in [0.717, 1.165) is 26.9 Å². The van der Waals surface area contributed by atoms with Gasteiger partial charge in [-0.25, -0.2) is 9.50 Å². The van der Waals surface area contributed by atoms with Crippen LogP contribution in [0.1, 0.15) is 12.0 Å². The lowest BCUT2D eigenvalue weighted by atomic mass is 10.1. The molecule has 3 rings (SSSR count). The Kier molecular flexibility index (Phi) is 4.14. The predicted octanol–water partition coefficient (Wildman–Crippen LogP) is 1.74. The van der Waals surface area contributed by atoms with Crippen LogP contribution in [-0.4, -0.2) is 38.0 Å². The first-order valence-corrected chi connectivity index (χ1v) is 7.53. The molecule has 0 aliphatic heterocycles. The zero-order valence-corrected chi connectivity index (χ0v) is 12.2. The molecule has 0 amide bonds. The molecule has 2 heterocycles. The van der Waals surface area contributed by atoms with Crippen LogP contribution < -0.4 is 5.32 Å². The summed E-state index contributed by atoms with van der Waals surface area (Å²) in [6.45, 7) is 0.912. The van der Waals surface area contributed by atoms with Crippen LogP contribution >= 0.6 is 11.3 Å². The van der Waals surface area contributed by atoms with Crippen molar-refractivity contribution in [1.29, 1.82) is 0 Å². The summed E-state index contributed by atoms with van der Waals surface area (Å²) in [5.41, 5.74) is 2.74. The number of imidazole rings is 1. The zero-order valence-electron chi connectivity index (χ0n) is 11.4. The van der Waals surface area contributed by atoms with Gasteiger partial charge in [0.1, 0.15) is 0 Å². The van der Waals surface area contributed by atoms with Gasteiger partial charge in [-0.1, -0.05) is 35.6 Å². The van der Waals surface area contributed by atoms with Crippen molar-refractivity contribution in [2.24, 2.45) is 0 Å². The number of hydrogen-bond donors (Lipinski definition) is 3. The molecule has 0 radical (unpaired) electrons. The van der Waals surface area contributed by atoms with Crippen LogP contribution in [0.5, 0.6) is 0 Å². The van der Waals surface area contributed by atoms with Gasteiger partial charge in [0.15, 0.2) is 0 Å². The number of anilines is 1. The molecule has 6 nitrogen and oxygen atoms in total. The molecule has 0 spiro atoms. The third-order valence-electron chi connectivity index (χ3n) is 3.09. The molecule has 1 aromatic carbocycles. The van der Waals surface area contributed by atoms with Gasteiger partial charge in [0.25, 0.3) is 0 Å². The maximum absolute atomic E-state index is 9.05. The summed E-state index contributed by atoms with van der Waals surface area (Å²) < 4.78 is 1.75. The van der Waals surface area contributed by atoms with E-state index in [0.29, 0.717) is 13.0 Å². The van der Waals surface area contributed by atoms with E-state index in [-0.39, 0.29) is 13.2 Å². The Bertz CT molecular complexity index is 689. The fourth-order valence-electron chi connectivity index (χ4n) is 1.97. The lowest BCUT2D eigenvalue weighted by Crippen LogP contribution is -2.03. The Morgan fingerprint density at radius 1 is 1.19 bits per heavy atom. The van der Waals surface area contributed by atoms with Crippen LogP contribution in [0.15, 0.2) is 30.5 Å². The van der Waals surface area contributed by atoms with Gasteiger partial charge in [-0.15, -0.1) is 5.10 Å². The molecule has 0 saturated heterocycles. The van der Waals surface area contributed by atoms with Crippen molar-refractivity contribution >= 4 is 21.4 Å². The van der Waals surface area contributed by atoms with E-state index in [9.17, 15) is 0 Å². The summed E-state index contributed by atoms with van der Waals surface area (Å²) in [5.74, 6) is 0. The molecule has 0 bridgehead atoms. The molecule has 0 atom stereocenters. The molecule has 110 valence electrons. The molecule has 0 saturated carbocycles. The van der Waals surface area contributed by atoms with Crippen molar-refractivity contribution in [1.82, 2.24) is 14.6 Å². The largest absolute Gasteiger partial charge is 0.396 e. The average Bonchev–Trinajstić information content (AvgIpc) is 3.06. The van der Waals surface area contributed by atoms with Crippen molar-refractivity contribution in [3.8, 4) is 11.3 Å². The summed E-state index contributed by atoms with van der Waals surface area (Å²) in [4.78, 5) is 5.38. The van der Waals surface area contributed by atoms with Crippen LogP contribution in [0, 0.1) is 0 Å². The van der Waals surface area contributed by atoms with Gasteiger partial charge in [0.2, 0.25) is 10.1 Å². The van der Waals surface area contributed by atoms with Gasteiger partial charge in [0, 0.05) is 18.7 Å². The van der Waals surface area contributed by atoms with Crippen molar-refractivity contribution in [3.05, 3.63) is 36.0 Å². The van der Waals surface area contributed by atoms with Gasteiger partial charge >= 0.3 is 0 Å². The molecule has 0 unspecified atom stereocenters. The number of fused-ring (bicyclic) bond motifs is 1. The van der Waals surface area contributed by atoms with Gasteiger partial charge in [0.05, 0.1) is 18.5 Å². The van der Waals surface area contributed by atoms with Gasteiger partial charge < -0.3 is 15.5 Å². The Morgan fingerprint density at radius 2 is 2.00 bits per heavy atom. The molecule has 21 heavy (non-hydrogen) atoms. The minimum Gasteiger partial charge on any atom is -0.396 e. The van der Waals surface area contributed by atoms with Crippen molar-refractivity contribution in [3.63, 3.8) is 0 Å². The number of rotatable bonds is 6. The summed E-state index contributed by atoms with van der Waals surface area (Å²) >= 11 is 1.48. The fourth-order valence-corrected chi connectivity index (χ4v) is 2.77. The molecule has 0 fully saturated rings. The van der Waals surface area contributed by atoms with Crippen molar-refractivity contribution < 1.29 is 10.2 Å². The summed E-state index contributed by atoms with van der Waals surface area (Å²) in [7, 11) is 0. The number of hydrogen-bond acceptors (Lipinski definition) is 6. The van der Waals surface area contributed by atoms with Crippen LogP contribution in [0.25, 0.3) is 16.2 Å². The first-order valence-electron chi connectivity index (χ1n) is 6.71. The van der Waals surface area contributed by atoms with E-state index in [1.54, 1.807) is 4.52 Å². The van der Waals surface area contributed by atoms with Gasteiger partial charge in [-0.05, 0) is 12.0 Å². The third kappa shape index (κ3) is 3.05. The van der Waals surface area contributed by atoms with Crippen molar-refractivity contribution in [2.45, 2.75) is 13.0 Å². The lowest BCUT2D eigenvalue weighted by Gasteiger charge is -1.99. The Balaban J connectivity index is 1.79. The van der Waals surface area contributed by atoms with E-state index >= 15 is 0 Å². The standard InChI is InChI=1S/C14H16N4O2S/c19-7-1-6-15-13-17-18-8-12(16-14(18)21-13)11-4-2-10(9-20)3-5-11/h2-5,8,19-20H,1,6-7,9H2,(H,15,17).